The Morgan fingerprint density at radius 3 is 2.56 bits per heavy atom. The first-order valence-electron chi connectivity index (χ1n) is 9.53. The number of rotatable bonds is 5. The molecule has 3 N–H and O–H groups in total. The molecule has 0 aromatic heterocycles. The van der Waals surface area contributed by atoms with E-state index in [2.05, 4.69) is 44.0 Å². The standard InChI is InChI=1S/C20H29ClN6/c1-23-19-17(4-3-9-25-19)20(24-2)27-12-10-26(11-13-27)18(14-22)15-5-7-16(21)8-6-15/h5-8,18,25H,1,3-4,9-14,22H2,2H3/b24-20+. The Balaban J connectivity index is 1.69. The molecule has 1 atom stereocenters. The maximum absolute atomic E-state index is 6.10. The topological polar surface area (TPSA) is 69.2 Å². The third kappa shape index (κ3) is 4.51. The average molecular weight is 389 g/mol. The van der Waals surface area contributed by atoms with Crippen molar-refractivity contribution < 1.29 is 0 Å². The number of hydrogen-bond acceptors (Lipinski definition) is 5. The third-order valence-corrected chi connectivity index (χ3v) is 5.61. The highest BCUT2D eigenvalue weighted by Crippen LogP contribution is 2.25. The van der Waals surface area contributed by atoms with E-state index in [0.29, 0.717) is 6.54 Å². The van der Waals surface area contributed by atoms with Gasteiger partial charge in [-0.3, -0.25) is 9.89 Å². The van der Waals surface area contributed by atoms with Crippen LogP contribution < -0.4 is 11.1 Å². The SMILES string of the molecule is C=NC1=C(/C(=N\C)N2CCN(C(CN)c3ccc(Cl)cc3)CC2)CCCN1. The van der Waals surface area contributed by atoms with Crippen LogP contribution >= 0.6 is 11.6 Å². The van der Waals surface area contributed by atoms with Gasteiger partial charge in [0.15, 0.2) is 0 Å². The summed E-state index contributed by atoms with van der Waals surface area (Å²) in [6.07, 6.45) is 2.09. The fourth-order valence-corrected chi connectivity index (χ4v) is 4.09. The van der Waals surface area contributed by atoms with Gasteiger partial charge < -0.3 is 16.0 Å². The largest absolute Gasteiger partial charge is 0.370 e. The number of amidine groups is 1. The Bertz CT molecular complexity index is 704. The molecule has 1 saturated heterocycles. The second-order valence-corrected chi connectivity index (χ2v) is 7.33. The minimum Gasteiger partial charge on any atom is -0.370 e. The number of nitrogens with zero attached hydrogens (tertiary/aromatic N) is 4. The number of nitrogens with one attached hydrogen (secondary N) is 1. The van der Waals surface area contributed by atoms with E-state index in [1.807, 2.05) is 19.2 Å². The highest BCUT2D eigenvalue weighted by Gasteiger charge is 2.28. The van der Waals surface area contributed by atoms with Gasteiger partial charge in [-0.1, -0.05) is 23.7 Å². The van der Waals surface area contributed by atoms with E-state index in [0.717, 1.165) is 62.2 Å². The highest BCUT2D eigenvalue weighted by atomic mass is 35.5. The normalized spacial score (nSPS) is 20.4. The molecule has 2 aliphatic heterocycles. The molecule has 0 saturated carbocycles. The molecular formula is C20H29ClN6. The Morgan fingerprint density at radius 1 is 1.26 bits per heavy atom. The zero-order chi connectivity index (χ0) is 19.2. The number of aliphatic imine (C=N–C) groups is 2. The second-order valence-electron chi connectivity index (χ2n) is 6.89. The van der Waals surface area contributed by atoms with Gasteiger partial charge >= 0.3 is 0 Å². The van der Waals surface area contributed by atoms with Crippen molar-refractivity contribution in [2.24, 2.45) is 15.7 Å². The van der Waals surface area contributed by atoms with E-state index in [1.54, 1.807) is 0 Å². The molecule has 0 aliphatic carbocycles. The number of piperazine rings is 1. The summed E-state index contributed by atoms with van der Waals surface area (Å²) in [4.78, 5) is 13.6. The molecule has 1 unspecified atom stereocenters. The lowest BCUT2D eigenvalue weighted by molar-refractivity contribution is 0.135. The summed E-state index contributed by atoms with van der Waals surface area (Å²) in [5, 5.41) is 4.09. The number of benzene rings is 1. The fraction of sp³-hybridized carbons (Fsp3) is 0.500. The summed E-state index contributed by atoms with van der Waals surface area (Å²) < 4.78 is 0. The fourth-order valence-electron chi connectivity index (χ4n) is 3.96. The molecule has 1 fully saturated rings. The lowest BCUT2D eigenvalue weighted by atomic mass is 10.0. The Morgan fingerprint density at radius 2 is 1.96 bits per heavy atom. The second kappa shape index (κ2) is 9.35. The van der Waals surface area contributed by atoms with Crippen LogP contribution in [0.5, 0.6) is 0 Å². The number of nitrogens with two attached hydrogens (primary N) is 1. The van der Waals surface area contributed by atoms with E-state index < -0.39 is 0 Å². The van der Waals surface area contributed by atoms with Gasteiger partial charge in [0, 0.05) is 63.0 Å². The van der Waals surface area contributed by atoms with Crippen LogP contribution in [0.25, 0.3) is 0 Å². The molecular weight excluding hydrogens is 360 g/mol. The first-order chi connectivity index (χ1) is 13.2. The van der Waals surface area contributed by atoms with Crippen molar-refractivity contribution >= 4 is 24.2 Å². The van der Waals surface area contributed by atoms with Crippen molar-refractivity contribution in [1.29, 1.82) is 0 Å². The van der Waals surface area contributed by atoms with Gasteiger partial charge in [-0.2, -0.15) is 0 Å². The first kappa shape index (κ1) is 19.9. The van der Waals surface area contributed by atoms with E-state index >= 15 is 0 Å². The van der Waals surface area contributed by atoms with Gasteiger partial charge in [0.2, 0.25) is 0 Å². The van der Waals surface area contributed by atoms with E-state index in [9.17, 15) is 0 Å². The molecule has 0 bridgehead atoms. The summed E-state index contributed by atoms with van der Waals surface area (Å²) in [6, 6.07) is 8.23. The summed E-state index contributed by atoms with van der Waals surface area (Å²) in [6.45, 7) is 8.98. The molecule has 3 rings (SSSR count). The van der Waals surface area contributed by atoms with Gasteiger partial charge in [-0.25, -0.2) is 4.99 Å². The van der Waals surface area contributed by atoms with E-state index in [-0.39, 0.29) is 6.04 Å². The van der Waals surface area contributed by atoms with Crippen LogP contribution in [0.15, 0.2) is 45.6 Å². The number of halogens is 1. The van der Waals surface area contributed by atoms with Crippen LogP contribution in [-0.4, -0.2) is 68.7 Å². The van der Waals surface area contributed by atoms with Crippen molar-refractivity contribution in [3.05, 3.63) is 46.2 Å². The lowest BCUT2D eigenvalue weighted by Gasteiger charge is -2.41. The third-order valence-electron chi connectivity index (χ3n) is 5.35. The molecule has 146 valence electrons. The predicted molar refractivity (Wildman–Crippen MR) is 114 cm³/mol. The van der Waals surface area contributed by atoms with Gasteiger partial charge in [-0.15, -0.1) is 0 Å². The maximum Gasteiger partial charge on any atom is 0.132 e. The summed E-state index contributed by atoms with van der Waals surface area (Å²) in [5.74, 6) is 1.92. The molecule has 1 aromatic carbocycles. The van der Waals surface area contributed by atoms with Crippen LogP contribution in [0, 0.1) is 0 Å². The average Bonchev–Trinajstić information content (AvgIpc) is 2.72. The van der Waals surface area contributed by atoms with Crippen molar-refractivity contribution in [3.8, 4) is 0 Å². The predicted octanol–water partition coefficient (Wildman–Crippen LogP) is 2.28. The zero-order valence-corrected chi connectivity index (χ0v) is 16.8. The van der Waals surface area contributed by atoms with E-state index in [1.165, 1.54) is 11.1 Å². The van der Waals surface area contributed by atoms with Gasteiger partial charge in [0.1, 0.15) is 11.7 Å². The van der Waals surface area contributed by atoms with Crippen LogP contribution in [0.4, 0.5) is 0 Å². The monoisotopic (exact) mass is 388 g/mol. The van der Waals surface area contributed by atoms with Crippen LogP contribution in [0.2, 0.25) is 5.02 Å². The van der Waals surface area contributed by atoms with Crippen molar-refractivity contribution in [2.75, 3.05) is 46.3 Å². The van der Waals surface area contributed by atoms with Crippen LogP contribution in [-0.2, 0) is 0 Å². The minimum absolute atomic E-state index is 0.215. The molecule has 2 heterocycles. The molecule has 7 heteroatoms. The lowest BCUT2D eigenvalue weighted by Crippen LogP contribution is -2.51. The van der Waals surface area contributed by atoms with Crippen molar-refractivity contribution in [3.63, 3.8) is 0 Å². The van der Waals surface area contributed by atoms with Gasteiger partial charge in [0.05, 0.1) is 0 Å². The van der Waals surface area contributed by atoms with Crippen molar-refractivity contribution in [1.82, 2.24) is 15.1 Å². The molecule has 0 radical (unpaired) electrons. The molecule has 0 spiro atoms. The smallest absolute Gasteiger partial charge is 0.132 e. The minimum atomic E-state index is 0.215. The first-order valence-corrected chi connectivity index (χ1v) is 9.91. The van der Waals surface area contributed by atoms with Gasteiger partial charge in [0.25, 0.3) is 0 Å². The molecule has 27 heavy (non-hydrogen) atoms. The Labute approximate surface area is 166 Å². The quantitative estimate of drug-likeness (QED) is 0.599. The van der Waals surface area contributed by atoms with Crippen molar-refractivity contribution in [2.45, 2.75) is 18.9 Å². The maximum atomic E-state index is 6.10. The Kier molecular flexibility index (Phi) is 6.88. The van der Waals surface area contributed by atoms with E-state index in [4.69, 9.17) is 17.3 Å². The summed E-state index contributed by atoms with van der Waals surface area (Å²) in [7, 11) is 1.86. The highest BCUT2D eigenvalue weighted by molar-refractivity contribution is 6.30. The summed E-state index contributed by atoms with van der Waals surface area (Å²) >= 11 is 6.03. The number of hydrogen-bond donors (Lipinski definition) is 2. The molecule has 6 nitrogen and oxygen atoms in total. The van der Waals surface area contributed by atoms with Crippen LogP contribution in [0.1, 0.15) is 24.4 Å². The van der Waals surface area contributed by atoms with Crippen LogP contribution in [0.3, 0.4) is 0 Å². The molecule has 2 aliphatic rings. The summed E-state index contributed by atoms with van der Waals surface area (Å²) in [5.41, 5.74) is 8.50. The Hall–Kier alpha value is -1.89. The van der Waals surface area contributed by atoms with Gasteiger partial charge in [-0.05, 0) is 37.3 Å². The molecule has 0 amide bonds. The molecule has 1 aromatic rings. The zero-order valence-electron chi connectivity index (χ0n) is 16.0.